The molecule has 2 aromatic carbocycles. The van der Waals surface area contributed by atoms with Gasteiger partial charge in [-0.1, -0.05) is 31.2 Å². The van der Waals surface area contributed by atoms with Crippen LogP contribution in [0.25, 0.3) is 10.9 Å². The van der Waals surface area contributed by atoms with E-state index < -0.39 is 0 Å². The SMILES string of the molecule is CCc1cccc2c([C@H](CC(=O)NCCCOC)c3ccc(OC)cc3OC)c[nH]c12. The number of aryl methyl sites for hydroxylation is 1. The van der Waals surface area contributed by atoms with Crippen molar-refractivity contribution in [1.82, 2.24) is 10.3 Å². The number of hydrogen-bond acceptors (Lipinski definition) is 4. The van der Waals surface area contributed by atoms with Crippen molar-refractivity contribution < 1.29 is 19.0 Å². The van der Waals surface area contributed by atoms with Crippen LogP contribution in [0.1, 0.15) is 42.4 Å². The summed E-state index contributed by atoms with van der Waals surface area (Å²) in [6.07, 6.45) is 4.06. The molecule has 166 valence electrons. The first-order valence-electron chi connectivity index (χ1n) is 10.7. The summed E-state index contributed by atoms with van der Waals surface area (Å²) in [6, 6.07) is 12.1. The highest BCUT2D eigenvalue weighted by Crippen LogP contribution is 2.39. The van der Waals surface area contributed by atoms with Crippen LogP contribution in [0.4, 0.5) is 0 Å². The predicted octanol–water partition coefficient (Wildman–Crippen LogP) is 4.42. The van der Waals surface area contributed by atoms with Crippen LogP contribution in [0.2, 0.25) is 0 Å². The van der Waals surface area contributed by atoms with Gasteiger partial charge in [0.05, 0.1) is 14.2 Å². The number of carbonyl (C=O) groups is 1. The first-order chi connectivity index (χ1) is 15.1. The predicted molar refractivity (Wildman–Crippen MR) is 123 cm³/mol. The lowest BCUT2D eigenvalue weighted by molar-refractivity contribution is -0.121. The molecule has 1 aromatic heterocycles. The Balaban J connectivity index is 2.01. The van der Waals surface area contributed by atoms with E-state index in [0.717, 1.165) is 40.6 Å². The van der Waals surface area contributed by atoms with Crippen molar-refractivity contribution >= 4 is 16.8 Å². The van der Waals surface area contributed by atoms with Crippen LogP contribution in [-0.2, 0) is 16.0 Å². The third-order valence-corrected chi connectivity index (χ3v) is 5.64. The highest BCUT2D eigenvalue weighted by molar-refractivity contribution is 5.88. The van der Waals surface area contributed by atoms with Crippen LogP contribution in [-0.4, -0.2) is 45.4 Å². The number of amides is 1. The summed E-state index contributed by atoms with van der Waals surface area (Å²) >= 11 is 0. The van der Waals surface area contributed by atoms with Crippen molar-refractivity contribution in [2.45, 2.75) is 32.1 Å². The first-order valence-corrected chi connectivity index (χ1v) is 10.7. The van der Waals surface area contributed by atoms with E-state index in [1.54, 1.807) is 21.3 Å². The van der Waals surface area contributed by atoms with Gasteiger partial charge < -0.3 is 24.5 Å². The Morgan fingerprint density at radius 2 is 1.94 bits per heavy atom. The molecule has 0 aliphatic rings. The Kier molecular flexibility index (Phi) is 7.95. The van der Waals surface area contributed by atoms with E-state index in [-0.39, 0.29) is 11.8 Å². The maximum absolute atomic E-state index is 12.8. The number of H-pyrrole nitrogens is 1. The molecular weight excluding hydrogens is 392 g/mol. The molecular formula is C25H32N2O4. The maximum atomic E-state index is 12.8. The normalized spacial score (nSPS) is 12.0. The van der Waals surface area contributed by atoms with Gasteiger partial charge in [-0.15, -0.1) is 0 Å². The van der Waals surface area contributed by atoms with E-state index in [1.807, 2.05) is 24.4 Å². The number of carbonyl (C=O) groups excluding carboxylic acids is 1. The number of aromatic amines is 1. The van der Waals surface area contributed by atoms with Gasteiger partial charge >= 0.3 is 0 Å². The average Bonchev–Trinajstić information content (AvgIpc) is 3.24. The molecule has 0 aliphatic heterocycles. The molecule has 0 unspecified atom stereocenters. The van der Waals surface area contributed by atoms with E-state index >= 15 is 0 Å². The van der Waals surface area contributed by atoms with Gasteiger partial charge in [-0.2, -0.15) is 0 Å². The van der Waals surface area contributed by atoms with E-state index in [9.17, 15) is 4.79 Å². The van der Waals surface area contributed by atoms with Gasteiger partial charge in [0.1, 0.15) is 11.5 Å². The maximum Gasteiger partial charge on any atom is 0.220 e. The largest absolute Gasteiger partial charge is 0.497 e. The Hall–Kier alpha value is -2.99. The molecule has 2 N–H and O–H groups in total. The number of fused-ring (bicyclic) bond motifs is 1. The summed E-state index contributed by atoms with van der Waals surface area (Å²) in [5, 5.41) is 4.15. The van der Waals surface area contributed by atoms with Crippen LogP contribution in [0.5, 0.6) is 11.5 Å². The van der Waals surface area contributed by atoms with Crippen LogP contribution in [0.3, 0.4) is 0 Å². The Labute approximate surface area is 183 Å². The van der Waals surface area contributed by atoms with Gasteiger partial charge in [0.2, 0.25) is 5.91 Å². The minimum absolute atomic E-state index is 0.0000275. The lowest BCUT2D eigenvalue weighted by Gasteiger charge is -2.20. The molecule has 6 heteroatoms. The summed E-state index contributed by atoms with van der Waals surface area (Å²) in [4.78, 5) is 16.3. The van der Waals surface area contributed by atoms with Gasteiger partial charge in [-0.25, -0.2) is 0 Å². The number of methoxy groups -OCH3 is 3. The molecule has 31 heavy (non-hydrogen) atoms. The van der Waals surface area contributed by atoms with Gasteiger partial charge in [0.15, 0.2) is 0 Å². The van der Waals surface area contributed by atoms with Crippen LogP contribution >= 0.6 is 0 Å². The standard InChI is InChI=1S/C25H32N2O4/c1-5-17-8-6-9-20-22(16-27-25(17)20)21(15-24(28)26-12-7-13-29-2)19-11-10-18(30-3)14-23(19)31-4/h6,8-11,14,16,21,27H,5,7,12-13,15H2,1-4H3,(H,26,28)/t21-/m1/s1. The summed E-state index contributed by atoms with van der Waals surface area (Å²) in [5.41, 5.74) is 4.42. The zero-order valence-electron chi connectivity index (χ0n) is 18.8. The molecule has 0 bridgehead atoms. The summed E-state index contributed by atoms with van der Waals surface area (Å²) in [6.45, 7) is 3.36. The van der Waals surface area contributed by atoms with Gasteiger partial charge in [0.25, 0.3) is 0 Å². The Bertz CT molecular complexity index is 1010. The second-order valence-corrected chi connectivity index (χ2v) is 7.50. The zero-order chi connectivity index (χ0) is 22.2. The molecule has 0 radical (unpaired) electrons. The molecule has 6 nitrogen and oxygen atoms in total. The third-order valence-electron chi connectivity index (χ3n) is 5.64. The molecule has 1 amide bonds. The van der Waals surface area contributed by atoms with E-state index in [4.69, 9.17) is 14.2 Å². The Morgan fingerprint density at radius 1 is 1.10 bits per heavy atom. The number of para-hydroxylation sites is 1. The summed E-state index contributed by atoms with van der Waals surface area (Å²) in [5.74, 6) is 1.26. The van der Waals surface area contributed by atoms with Gasteiger partial charge in [-0.05, 0) is 30.0 Å². The number of hydrogen-bond donors (Lipinski definition) is 2. The molecule has 0 fully saturated rings. The highest BCUT2D eigenvalue weighted by atomic mass is 16.5. The second-order valence-electron chi connectivity index (χ2n) is 7.50. The van der Waals surface area contributed by atoms with Gasteiger partial charge in [0, 0.05) is 61.3 Å². The minimum atomic E-state index is -0.163. The zero-order valence-corrected chi connectivity index (χ0v) is 18.8. The lowest BCUT2D eigenvalue weighted by atomic mass is 9.87. The van der Waals surface area contributed by atoms with Gasteiger partial charge in [-0.3, -0.25) is 4.79 Å². The smallest absolute Gasteiger partial charge is 0.220 e. The quantitative estimate of drug-likeness (QED) is 0.447. The van der Waals surface area contributed by atoms with Crippen molar-refractivity contribution in [3.63, 3.8) is 0 Å². The van der Waals surface area contributed by atoms with E-state index in [1.165, 1.54) is 5.56 Å². The highest BCUT2D eigenvalue weighted by Gasteiger charge is 2.25. The van der Waals surface area contributed by atoms with Crippen molar-refractivity contribution in [2.75, 3.05) is 34.5 Å². The molecule has 0 saturated heterocycles. The number of rotatable bonds is 11. The fraction of sp³-hybridized carbons (Fsp3) is 0.400. The first kappa shape index (κ1) is 22.7. The number of aromatic nitrogens is 1. The fourth-order valence-electron chi connectivity index (χ4n) is 4.02. The minimum Gasteiger partial charge on any atom is -0.497 e. The summed E-state index contributed by atoms with van der Waals surface area (Å²) in [7, 11) is 4.94. The van der Waals surface area contributed by atoms with Crippen molar-refractivity contribution in [1.29, 1.82) is 0 Å². The lowest BCUT2D eigenvalue weighted by Crippen LogP contribution is -2.27. The number of nitrogens with one attached hydrogen (secondary N) is 2. The van der Waals surface area contributed by atoms with E-state index in [0.29, 0.717) is 25.3 Å². The molecule has 0 aliphatic carbocycles. The average molecular weight is 425 g/mol. The molecule has 3 aromatic rings. The number of benzene rings is 2. The molecule has 0 spiro atoms. The van der Waals surface area contributed by atoms with Crippen molar-refractivity contribution in [3.05, 3.63) is 59.3 Å². The van der Waals surface area contributed by atoms with Crippen molar-refractivity contribution in [3.8, 4) is 11.5 Å². The topological polar surface area (TPSA) is 72.6 Å². The Morgan fingerprint density at radius 3 is 2.65 bits per heavy atom. The molecule has 0 saturated carbocycles. The monoisotopic (exact) mass is 424 g/mol. The van der Waals surface area contributed by atoms with Crippen LogP contribution in [0, 0.1) is 0 Å². The van der Waals surface area contributed by atoms with Crippen LogP contribution in [0.15, 0.2) is 42.6 Å². The van der Waals surface area contributed by atoms with E-state index in [2.05, 4.69) is 35.4 Å². The van der Waals surface area contributed by atoms with Crippen LogP contribution < -0.4 is 14.8 Å². The van der Waals surface area contributed by atoms with Crippen molar-refractivity contribution in [2.24, 2.45) is 0 Å². The molecule has 3 rings (SSSR count). The molecule has 1 atom stereocenters. The number of ether oxygens (including phenoxy) is 3. The third kappa shape index (κ3) is 5.20. The molecule has 1 heterocycles. The fourth-order valence-corrected chi connectivity index (χ4v) is 4.02. The second kappa shape index (κ2) is 10.9. The summed E-state index contributed by atoms with van der Waals surface area (Å²) < 4.78 is 16.1.